The van der Waals surface area contributed by atoms with E-state index in [0.717, 1.165) is 18.4 Å². The maximum atomic E-state index is 2.70. The minimum absolute atomic E-state index is 0.822. The lowest BCUT2D eigenvalue weighted by Crippen LogP contribution is -2.48. The van der Waals surface area contributed by atoms with E-state index in [9.17, 15) is 0 Å². The van der Waals surface area contributed by atoms with Crippen molar-refractivity contribution in [3.05, 3.63) is 35.4 Å². The lowest BCUT2D eigenvalue weighted by atomic mass is 9.71. The molecule has 1 saturated carbocycles. The second-order valence-electron chi connectivity index (χ2n) is 8.49. The number of hydrogen-bond acceptors (Lipinski definition) is 3. The van der Waals surface area contributed by atoms with Gasteiger partial charge in [0.2, 0.25) is 0 Å². The molecule has 1 aromatic carbocycles. The number of hydrogen-bond donors (Lipinski definition) is 0. The molecule has 2 heterocycles. The molecule has 3 nitrogen and oxygen atoms in total. The summed E-state index contributed by atoms with van der Waals surface area (Å²) in [5.74, 6) is 1.75. The first-order valence-electron chi connectivity index (χ1n) is 10.6. The largest absolute Gasteiger partial charge is 0.301 e. The fourth-order valence-corrected chi connectivity index (χ4v) is 4.90. The van der Waals surface area contributed by atoms with Gasteiger partial charge >= 0.3 is 0 Å². The van der Waals surface area contributed by atoms with Crippen molar-refractivity contribution in [3.63, 3.8) is 0 Å². The molecule has 25 heavy (non-hydrogen) atoms. The van der Waals surface area contributed by atoms with E-state index in [1.165, 1.54) is 83.6 Å². The molecule has 3 fully saturated rings. The summed E-state index contributed by atoms with van der Waals surface area (Å²) in [6, 6.07) is 9.58. The zero-order valence-corrected chi connectivity index (χ0v) is 16.0. The monoisotopic (exact) mass is 341 g/mol. The smallest absolute Gasteiger partial charge is 0.0233 e. The molecule has 2 saturated heterocycles. The highest BCUT2D eigenvalue weighted by molar-refractivity contribution is 5.27. The number of benzene rings is 1. The zero-order valence-electron chi connectivity index (χ0n) is 16.0. The molecular weight excluding hydrogens is 306 g/mol. The van der Waals surface area contributed by atoms with Gasteiger partial charge in [0.25, 0.3) is 0 Å². The number of likely N-dealkylation sites (tertiary alicyclic amines) is 1. The maximum absolute atomic E-state index is 2.70. The SMILES string of the molecule is CCN1CCN(CC2CC(c3ccc(CN4CCCC4)cc3)C2)CC1. The minimum atomic E-state index is 0.822. The maximum Gasteiger partial charge on any atom is 0.0233 e. The molecule has 0 bridgehead atoms. The van der Waals surface area contributed by atoms with E-state index < -0.39 is 0 Å². The average Bonchev–Trinajstić information content (AvgIpc) is 3.12. The van der Waals surface area contributed by atoms with Crippen molar-refractivity contribution in [1.29, 1.82) is 0 Å². The fourth-order valence-electron chi connectivity index (χ4n) is 4.90. The predicted molar refractivity (Wildman–Crippen MR) is 105 cm³/mol. The third-order valence-electron chi connectivity index (χ3n) is 6.72. The molecule has 0 N–H and O–H groups in total. The summed E-state index contributed by atoms with van der Waals surface area (Å²) in [4.78, 5) is 7.86. The Morgan fingerprint density at radius 1 is 0.800 bits per heavy atom. The highest BCUT2D eigenvalue weighted by Crippen LogP contribution is 2.42. The Balaban J connectivity index is 1.20. The highest BCUT2D eigenvalue weighted by atomic mass is 15.3. The van der Waals surface area contributed by atoms with E-state index in [1.54, 1.807) is 5.56 Å². The van der Waals surface area contributed by atoms with Gasteiger partial charge in [0.15, 0.2) is 0 Å². The van der Waals surface area contributed by atoms with Crippen molar-refractivity contribution >= 4 is 0 Å². The Morgan fingerprint density at radius 2 is 1.44 bits per heavy atom. The van der Waals surface area contributed by atoms with Crippen LogP contribution in [-0.2, 0) is 6.54 Å². The van der Waals surface area contributed by atoms with Crippen LogP contribution in [0.15, 0.2) is 24.3 Å². The molecule has 3 aliphatic rings. The molecule has 0 spiro atoms. The summed E-state index contributed by atoms with van der Waals surface area (Å²) in [7, 11) is 0. The normalized spacial score (nSPS) is 29.0. The lowest BCUT2D eigenvalue weighted by molar-refractivity contribution is 0.0964. The molecule has 138 valence electrons. The number of rotatable bonds is 6. The zero-order chi connectivity index (χ0) is 17.1. The Morgan fingerprint density at radius 3 is 2.08 bits per heavy atom. The lowest BCUT2D eigenvalue weighted by Gasteiger charge is -2.41. The van der Waals surface area contributed by atoms with Crippen molar-refractivity contribution in [2.75, 3.05) is 52.4 Å². The van der Waals surface area contributed by atoms with Gasteiger partial charge in [-0.15, -0.1) is 0 Å². The van der Waals surface area contributed by atoms with Gasteiger partial charge in [-0.3, -0.25) is 4.90 Å². The van der Waals surface area contributed by atoms with E-state index in [0.29, 0.717) is 0 Å². The first-order valence-corrected chi connectivity index (χ1v) is 10.6. The molecule has 2 aliphatic heterocycles. The minimum Gasteiger partial charge on any atom is -0.301 e. The highest BCUT2D eigenvalue weighted by Gasteiger charge is 2.32. The van der Waals surface area contributed by atoms with Crippen LogP contribution in [0.1, 0.15) is 49.7 Å². The van der Waals surface area contributed by atoms with Gasteiger partial charge in [-0.25, -0.2) is 0 Å². The van der Waals surface area contributed by atoms with E-state index in [1.807, 2.05) is 0 Å². The summed E-state index contributed by atoms with van der Waals surface area (Å²) in [6.45, 7) is 13.7. The number of nitrogens with zero attached hydrogens (tertiary/aromatic N) is 3. The summed E-state index contributed by atoms with van der Waals surface area (Å²) >= 11 is 0. The number of likely N-dealkylation sites (N-methyl/N-ethyl adjacent to an activating group) is 1. The second-order valence-corrected chi connectivity index (χ2v) is 8.49. The summed E-state index contributed by atoms with van der Waals surface area (Å²) < 4.78 is 0. The first kappa shape index (κ1) is 17.5. The molecule has 0 aromatic heterocycles. The molecule has 0 atom stereocenters. The Hall–Kier alpha value is -0.900. The van der Waals surface area contributed by atoms with Crippen molar-refractivity contribution < 1.29 is 0 Å². The fraction of sp³-hybridized carbons (Fsp3) is 0.727. The third kappa shape index (κ3) is 4.45. The molecule has 0 amide bonds. The van der Waals surface area contributed by atoms with Crippen LogP contribution in [0.5, 0.6) is 0 Å². The third-order valence-corrected chi connectivity index (χ3v) is 6.72. The molecule has 4 rings (SSSR count). The summed E-state index contributed by atoms with van der Waals surface area (Å²) in [5.41, 5.74) is 3.08. The van der Waals surface area contributed by atoms with Crippen LogP contribution in [0.4, 0.5) is 0 Å². The van der Waals surface area contributed by atoms with Gasteiger partial charge in [-0.2, -0.15) is 0 Å². The van der Waals surface area contributed by atoms with Crippen LogP contribution in [0, 0.1) is 5.92 Å². The van der Waals surface area contributed by atoms with Crippen molar-refractivity contribution in [1.82, 2.24) is 14.7 Å². The standard InChI is InChI=1S/C22H35N3/c1-2-23-11-13-25(14-12-23)18-20-15-22(16-20)21-7-5-19(6-8-21)17-24-9-3-4-10-24/h5-8,20,22H,2-4,9-18H2,1H3. The second kappa shape index (κ2) is 8.20. The van der Waals surface area contributed by atoms with Gasteiger partial charge in [-0.05, 0) is 68.3 Å². The van der Waals surface area contributed by atoms with E-state index in [-0.39, 0.29) is 0 Å². The van der Waals surface area contributed by atoms with Gasteiger partial charge in [0.05, 0.1) is 0 Å². The van der Waals surface area contributed by atoms with Crippen molar-refractivity contribution in [2.24, 2.45) is 5.92 Å². The molecule has 0 unspecified atom stereocenters. The summed E-state index contributed by atoms with van der Waals surface area (Å²) in [6.07, 6.45) is 5.57. The van der Waals surface area contributed by atoms with Crippen molar-refractivity contribution in [2.45, 2.75) is 45.1 Å². The quantitative estimate of drug-likeness (QED) is 0.785. The van der Waals surface area contributed by atoms with Crippen LogP contribution in [0.2, 0.25) is 0 Å². The Labute approximate surface area is 154 Å². The molecule has 3 heteroatoms. The molecule has 1 aliphatic carbocycles. The van der Waals surface area contributed by atoms with Gasteiger partial charge in [-0.1, -0.05) is 31.2 Å². The molecule has 0 radical (unpaired) electrons. The van der Waals surface area contributed by atoms with Crippen LogP contribution >= 0.6 is 0 Å². The van der Waals surface area contributed by atoms with Gasteiger partial charge < -0.3 is 9.80 Å². The van der Waals surface area contributed by atoms with E-state index >= 15 is 0 Å². The average molecular weight is 342 g/mol. The first-order chi connectivity index (χ1) is 12.3. The molecule has 1 aromatic rings. The van der Waals surface area contributed by atoms with Crippen molar-refractivity contribution in [3.8, 4) is 0 Å². The number of piperazine rings is 1. The summed E-state index contributed by atoms with van der Waals surface area (Å²) in [5, 5.41) is 0. The van der Waals surface area contributed by atoms with Crippen LogP contribution in [-0.4, -0.2) is 67.1 Å². The van der Waals surface area contributed by atoms with Crippen LogP contribution in [0.25, 0.3) is 0 Å². The van der Waals surface area contributed by atoms with E-state index in [2.05, 4.69) is 45.9 Å². The molecular formula is C22H35N3. The topological polar surface area (TPSA) is 9.72 Å². The van der Waals surface area contributed by atoms with Gasteiger partial charge in [0.1, 0.15) is 0 Å². The van der Waals surface area contributed by atoms with E-state index in [4.69, 9.17) is 0 Å². The van der Waals surface area contributed by atoms with Crippen LogP contribution < -0.4 is 0 Å². The van der Waals surface area contributed by atoms with Crippen LogP contribution in [0.3, 0.4) is 0 Å². The Bertz CT molecular complexity index is 521. The predicted octanol–water partition coefficient (Wildman–Crippen LogP) is 3.41. The van der Waals surface area contributed by atoms with Gasteiger partial charge in [0, 0.05) is 39.3 Å². The Kier molecular flexibility index (Phi) is 5.74.